The smallest absolute Gasteiger partial charge is 0.253 e. The summed E-state index contributed by atoms with van der Waals surface area (Å²) in [6.07, 6.45) is 2.26. The summed E-state index contributed by atoms with van der Waals surface area (Å²) in [4.78, 5) is 27.9. The van der Waals surface area contributed by atoms with Crippen LogP contribution in [0.15, 0.2) is 41.5 Å². The molecule has 2 aromatic rings. The standard InChI is InChI=1S/C15H16IN3O2/c1-2-13-9-14(20)19(10-18-13)8-7-17-15(21)11-3-5-12(16)6-4-11/h3-6,9-10H,2,7-8H2,1H3,(H,17,21). The number of aromatic nitrogens is 2. The van der Waals surface area contributed by atoms with E-state index in [1.165, 1.54) is 17.0 Å². The molecule has 0 aliphatic carbocycles. The predicted molar refractivity (Wildman–Crippen MR) is 89.4 cm³/mol. The number of nitrogens with one attached hydrogen (secondary N) is 1. The second-order valence-corrected chi connectivity index (χ2v) is 5.77. The van der Waals surface area contributed by atoms with Crippen LogP contribution in [-0.2, 0) is 13.0 Å². The number of benzene rings is 1. The van der Waals surface area contributed by atoms with Gasteiger partial charge in [-0.15, -0.1) is 0 Å². The molecule has 21 heavy (non-hydrogen) atoms. The van der Waals surface area contributed by atoms with E-state index in [1.54, 1.807) is 12.1 Å². The molecule has 110 valence electrons. The monoisotopic (exact) mass is 397 g/mol. The van der Waals surface area contributed by atoms with Gasteiger partial charge >= 0.3 is 0 Å². The van der Waals surface area contributed by atoms with Crippen LogP contribution in [0.2, 0.25) is 0 Å². The summed E-state index contributed by atoms with van der Waals surface area (Å²) in [6, 6.07) is 8.85. The predicted octanol–water partition coefficient (Wildman–Crippen LogP) is 1.84. The van der Waals surface area contributed by atoms with Crippen molar-refractivity contribution >= 4 is 28.5 Å². The lowest BCUT2D eigenvalue weighted by atomic mass is 10.2. The second-order valence-electron chi connectivity index (χ2n) is 4.53. The van der Waals surface area contributed by atoms with Crippen LogP contribution in [0.4, 0.5) is 0 Å². The minimum Gasteiger partial charge on any atom is -0.350 e. The molecule has 0 unspecified atom stereocenters. The summed E-state index contributed by atoms with van der Waals surface area (Å²) in [7, 11) is 0. The first kappa shape index (κ1) is 15.7. The summed E-state index contributed by atoms with van der Waals surface area (Å²) in [5.41, 5.74) is 1.30. The maximum Gasteiger partial charge on any atom is 0.253 e. The van der Waals surface area contributed by atoms with Gasteiger partial charge < -0.3 is 5.32 Å². The van der Waals surface area contributed by atoms with Crippen molar-refractivity contribution in [3.05, 3.63) is 61.8 Å². The van der Waals surface area contributed by atoms with Crippen LogP contribution in [0.1, 0.15) is 23.0 Å². The summed E-state index contributed by atoms with van der Waals surface area (Å²) in [5.74, 6) is -0.141. The van der Waals surface area contributed by atoms with E-state index >= 15 is 0 Å². The molecule has 0 aliphatic rings. The Labute approximate surface area is 136 Å². The number of carbonyl (C=O) groups excluding carboxylic acids is 1. The lowest BCUT2D eigenvalue weighted by Gasteiger charge is -2.08. The van der Waals surface area contributed by atoms with Gasteiger partial charge in [0.25, 0.3) is 11.5 Å². The zero-order chi connectivity index (χ0) is 15.2. The van der Waals surface area contributed by atoms with Gasteiger partial charge in [-0.05, 0) is 53.3 Å². The molecule has 1 aromatic carbocycles. The largest absolute Gasteiger partial charge is 0.350 e. The fourth-order valence-electron chi connectivity index (χ4n) is 1.82. The Morgan fingerprint density at radius 3 is 2.67 bits per heavy atom. The maximum atomic E-state index is 11.9. The number of carbonyl (C=O) groups is 1. The Balaban J connectivity index is 1.91. The topological polar surface area (TPSA) is 64.0 Å². The summed E-state index contributed by atoms with van der Waals surface area (Å²) in [5, 5.41) is 2.79. The minimum atomic E-state index is -0.141. The van der Waals surface area contributed by atoms with Gasteiger partial charge in [-0.2, -0.15) is 0 Å². The second kappa shape index (κ2) is 7.35. The van der Waals surface area contributed by atoms with Crippen molar-refractivity contribution in [2.45, 2.75) is 19.9 Å². The van der Waals surface area contributed by atoms with E-state index in [4.69, 9.17) is 0 Å². The molecule has 0 spiro atoms. The van der Waals surface area contributed by atoms with E-state index in [1.807, 2.05) is 19.1 Å². The highest BCUT2D eigenvalue weighted by Crippen LogP contribution is 2.06. The van der Waals surface area contributed by atoms with Crippen molar-refractivity contribution in [2.75, 3.05) is 6.54 Å². The van der Waals surface area contributed by atoms with Crippen molar-refractivity contribution < 1.29 is 4.79 Å². The van der Waals surface area contributed by atoms with Gasteiger partial charge in [0, 0.05) is 34.0 Å². The van der Waals surface area contributed by atoms with Gasteiger partial charge in [-0.25, -0.2) is 4.98 Å². The highest BCUT2D eigenvalue weighted by molar-refractivity contribution is 14.1. The molecule has 0 saturated carbocycles. The van der Waals surface area contributed by atoms with Gasteiger partial charge in [-0.3, -0.25) is 14.2 Å². The van der Waals surface area contributed by atoms with Gasteiger partial charge in [0.15, 0.2) is 0 Å². The molecular formula is C15H16IN3O2. The minimum absolute atomic E-state index is 0.0923. The molecule has 5 nitrogen and oxygen atoms in total. The van der Waals surface area contributed by atoms with Crippen LogP contribution in [-0.4, -0.2) is 22.0 Å². The SMILES string of the molecule is CCc1cc(=O)n(CCNC(=O)c2ccc(I)cc2)cn1. The Morgan fingerprint density at radius 1 is 1.33 bits per heavy atom. The first-order valence-corrected chi connectivity index (χ1v) is 7.77. The highest BCUT2D eigenvalue weighted by atomic mass is 127. The van der Waals surface area contributed by atoms with E-state index in [9.17, 15) is 9.59 Å². The molecule has 0 saturated heterocycles. The zero-order valence-electron chi connectivity index (χ0n) is 11.7. The molecule has 0 aliphatic heterocycles. The number of halogens is 1. The van der Waals surface area contributed by atoms with E-state index in [0.29, 0.717) is 18.7 Å². The third-order valence-electron chi connectivity index (χ3n) is 3.04. The molecule has 0 bridgehead atoms. The quantitative estimate of drug-likeness (QED) is 0.784. The highest BCUT2D eigenvalue weighted by Gasteiger charge is 2.05. The van der Waals surface area contributed by atoms with E-state index in [-0.39, 0.29) is 11.5 Å². The lowest BCUT2D eigenvalue weighted by Crippen LogP contribution is -2.31. The van der Waals surface area contributed by atoms with Crippen LogP contribution in [0.5, 0.6) is 0 Å². The van der Waals surface area contributed by atoms with Crippen molar-refractivity contribution in [1.29, 1.82) is 0 Å². The number of nitrogens with zero attached hydrogens (tertiary/aromatic N) is 2. The van der Waals surface area contributed by atoms with Gasteiger partial charge in [0.2, 0.25) is 0 Å². The summed E-state index contributed by atoms with van der Waals surface area (Å²) < 4.78 is 2.57. The average molecular weight is 397 g/mol. The normalized spacial score (nSPS) is 10.4. The molecule has 1 aromatic heterocycles. The zero-order valence-corrected chi connectivity index (χ0v) is 13.8. The molecule has 0 atom stereocenters. The first-order chi connectivity index (χ1) is 10.1. The van der Waals surface area contributed by atoms with Crippen molar-refractivity contribution in [3.63, 3.8) is 0 Å². The number of amides is 1. The van der Waals surface area contributed by atoms with Crippen LogP contribution >= 0.6 is 22.6 Å². The lowest BCUT2D eigenvalue weighted by molar-refractivity contribution is 0.0952. The van der Waals surface area contributed by atoms with Crippen molar-refractivity contribution in [2.24, 2.45) is 0 Å². The summed E-state index contributed by atoms with van der Waals surface area (Å²) in [6.45, 7) is 2.75. The van der Waals surface area contributed by atoms with Crippen LogP contribution < -0.4 is 10.9 Å². The fraction of sp³-hybridized carbons (Fsp3) is 0.267. The summed E-state index contributed by atoms with van der Waals surface area (Å²) >= 11 is 2.19. The molecule has 6 heteroatoms. The molecule has 0 radical (unpaired) electrons. The molecule has 2 rings (SSSR count). The van der Waals surface area contributed by atoms with Crippen LogP contribution in [0.25, 0.3) is 0 Å². The molecular weight excluding hydrogens is 381 g/mol. The van der Waals surface area contributed by atoms with E-state index in [2.05, 4.69) is 32.9 Å². The van der Waals surface area contributed by atoms with Crippen molar-refractivity contribution in [3.8, 4) is 0 Å². The average Bonchev–Trinajstić information content (AvgIpc) is 2.49. The first-order valence-electron chi connectivity index (χ1n) is 6.69. The Bertz CT molecular complexity index is 680. The van der Waals surface area contributed by atoms with Gasteiger partial charge in [-0.1, -0.05) is 6.92 Å². The Kier molecular flexibility index (Phi) is 5.49. The van der Waals surface area contributed by atoms with Crippen molar-refractivity contribution in [1.82, 2.24) is 14.9 Å². The Hall–Kier alpha value is -1.70. The maximum absolute atomic E-state index is 11.9. The van der Waals surface area contributed by atoms with Gasteiger partial charge in [0.05, 0.1) is 6.33 Å². The third-order valence-corrected chi connectivity index (χ3v) is 3.76. The number of hydrogen-bond donors (Lipinski definition) is 1. The molecule has 1 N–H and O–H groups in total. The van der Waals surface area contributed by atoms with E-state index < -0.39 is 0 Å². The van der Waals surface area contributed by atoms with Crippen LogP contribution in [0, 0.1) is 3.57 Å². The van der Waals surface area contributed by atoms with E-state index in [0.717, 1.165) is 15.7 Å². The number of aryl methyl sites for hydroxylation is 1. The third kappa shape index (κ3) is 4.38. The molecule has 1 heterocycles. The Morgan fingerprint density at radius 2 is 2.05 bits per heavy atom. The molecule has 0 fully saturated rings. The fourth-order valence-corrected chi connectivity index (χ4v) is 2.18. The van der Waals surface area contributed by atoms with Gasteiger partial charge in [0.1, 0.15) is 0 Å². The van der Waals surface area contributed by atoms with Crippen LogP contribution in [0.3, 0.4) is 0 Å². The molecule has 1 amide bonds. The number of hydrogen-bond acceptors (Lipinski definition) is 3. The number of rotatable bonds is 5.